The molecule has 250 valence electrons. The summed E-state index contributed by atoms with van der Waals surface area (Å²) in [5, 5.41) is 16.6. The number of alkyl halides is 2. The number of likely N-dealkylation sites (tertiary alicyclic amines) is 2. The van der Waals surface area contributed by atoms with Gasteiger partial charge in [0.25, 0.3) is 5.92 Å². The molecule has 0 unspecified atom stereocenters. The number of hydrogen-bond acceptors (Lipinski definition) is 6. The lowest BCUT2D eigenvalue weighted by Gasteiger charge is -2.34. The number of nitrogens with zero attached hydrogens (tertiary/aromatic N) is 5. The maximum Gasteiger partial charge on any atom is 0.251 e. The molecule has 0 spiro atoms. The molecular formula is C34H43F2N9O2. The van der Waals surface area contributed by atoms with Crippen molar-refractivity contribution in [3.63, 3.8) is 0 Å². The molecule has 0 saturated carbocycles. The van der Waals surface area contributed by atoms with Crippen LogP contribution in [-0.2, 0) is 9.59 Å². The number of nitrogens with two attached hydrogens (primary N) is 2. The molecule has 0 aromatic heterocycles. The molecule has 5 rings (SSSR count). The third kappa shape index (κ3) is 7.84. The van der Waals surface area contributed by atoms with Crippen LogP contribution in [0.25, 0.3) is 5.57 Å². The molecule has 1 atom stereocenters. The number of rotatable bonds is 8. The van der Waals surface area contributed by atoms with E-state index in [1.165, 1.54) is 0 Å². The first kappa shape index (κ1) is 33.7. The summed E-state index contributed by atoms with van der Waals surface area (Å²) >= 11 is 0. The maximum atomic E-state index is 13.7. The molecule has 6 N–H and O–H groups in total. The van der Waals surface area contributed by atoms with Crippen LogP contribution in [0.15, 0.2) is 53.5 Å². The van der Waals surface area contributed by atoms with Gasteiger partial charge in [-0.05, 0) is 55.6 Å². The van der Waals surface area contributed by atoms with Crippen LogP contribution in [0.4, 0.5) is 20.2 Å². The molecule has 2 aromatic carbocycles. The Balaban J connectivity index is 1.15. The molecule has 0 bridgehead atoms. The van der Waals surface area contributed by atoms with Crippen molar-refractivity contribution in [3.05, 3.63) is 65.2 Å². The molecule has 0 aliphatic carbocycles. The van der Waals surface area contributed by atoms with Crippen molar-refractivity contribution in [1.82, 2.24) is 14.7 Å². The SMILES string of the molecule is CCN(C(=O)[C@@H]1CCN(CC(=O)N2CC=C(c3ccc(C(=N)/N=C\N)cc3)CC2)C1)c1ccc(N)c(C(=N)N2CCC(F)(F)CC2)c1. The van der Waals surface area contributed by atoms with E-state index in [1.54, 1.807) is 28.0 Å². The van der Waals surface area contributed by atoms with Gasteiger partial charge in [-0.3, -0.25) is 25.3 Å². The van der Waals surface area contributed by atoms with E-state index in [0.717, 1.165) is 23.9 Å². The Morgan fingerprint density at radius 2 is 1.79 bits per heavy atom. The first-order valence-electron chi connectivity index (χ1n) is 16.0. The zero-order chi connectivity index (χ0) is 33.7. The van der Waals surface area contributed by atoms with Gasteiger partial charge < -0.3 is 26.2 Å². The zero-order valence-corrected chi connectivity index (χ0v) is 26.7. The number of nitrogens with one attached hydrogen (secondary N) is 2. The summed E-state index contributed by atoms with van der Waals surface area (Å²) in [5.74, 6) is -2.83. The van der Waals surface area contributed by atoms with Crippen molar-refractivity contribution in [2.75, 3.05) is 63.0 Å². The number of anilines is 2. The van der Waals surface area contributed by atoms with E-state index in [0.29, 0.717) is 61.6 Å². The van der Waals surface area contributed by atoms with E-state index in [9.17, 15) is 18.4 Å². The van der Waals surface area contributed by atoms with Gasteiger partial charge in [0, 0.05) is 74.6 Å². The summed E-state index contributed by atoms with van der Waals surface area (Å²) in [6.07, 6.45) is 3.91. The Hall–Kier alpha value is -4.65. The minimum atomic E-state index is -2.72. The quantitative estimate of drug-likeness (QED) is 0.195. The Kier molecular flexibility index (Phi) is 10.3. The Labute approximate surface area is 273 Å². The van der Waals surface area contributed by atoms with Crippen LogP contribution < -0.4 is 16.4 Å². The van der Waals surface area contributed by atoms with Crippen molar-refractivity contribution in [3.8, 4) is 0 Å². The summed E-state index contributed by atoms with van der Waals surface area (Å²) in [4.78, 5) is 37.9. The molecule has 3 heterocycles. The summed E-state index contributed by atoms with van der Waals surface area (Å²) in [6.45, 7) is 4.93. The fourth-order valence-corrected chi connectivity index (χ4v) is 6.45. The largest absolute Gasteiger partial charge is 0.398 e. The van der Waals surface area contributed by atoms with Crippen LogP contribution >= 0.6 is 0 Å². The lowest BCUT2D eigenvalue weighted by atomic mass is 9.98. The number of hydrogen-bond donors (Lipinski definition) is 4. The molecular weight excluding hydrogens is 604 g/mol. The second kappa shape index (κ2) is 14.4. The molecule has 2 aromatic rings. The van der Waals surface area contributed by atoms with Gasteiger partial charge in [0.05, 0.1) is 18.8 Å². The van der Waals surface area contributed by atoms with Crippen molar-refractivity contribution in [1.29, 1.82) is 10.8 Å². The molecule has 2 fully saturated rings. The first-order chi connectivity index (χ1) is 22.5. The van der Waals surface area contributed by atoms with Gasteiger partial charge in [-0.1, -0.05) is 30.3 Å². The zero-order valence-electron chi connectivity index (χ0n) is 26.7. The van der Waals surface area contributed by atoms with Gasteiger partial charge in [-0.2, -0.15) is 0 Å². The van der Waals surface area contributed by atoms with E-state index in [4.69, 9.17) is 22.3 Å². The third-order valence-corrected chi connectivity index (χ3v) is 9.27. The molecule has 3 aliphatic heterocycles. The highest BCUT2D eigenvalue weighted by atomic mass is 19.3. The topological polar surface area (TPSA) is 159 Å². The van der Waals surface area contributed by atoms with Gasteiger partial charge >= 0.3 is 0 Å². The summed E-state index contributed by atoms with van der Waals surface area (Å²) in [6, 6.07) is 12.7. The van der Waals surface area contributed by atoms with E-state index < -0.39 is 5.92 Å². The molecule has 47 heavy (non-hydrogen) atoms. The summed E-state index contributed by atoms with van der Waals surface area (Å²) in [5.41, 5.74) is 15.8. The highest BCUT2D eigenvalue weighted by molar-refractivity contribution is 6.04. The predicted octanol–water partition coefficient (Wildman–Crippen LogP) is 3.63. The van der Waals surface area contributed by atoms with E-state index in [1.807, 2.05) is 41.0 Å². The highest BCUT2D eigenvalue weighted by Gasteiger charge is 2.36. The van der Waals surface area contributed by atoms with Crippen molar-refractivity contribution >= 4 is 46.8 Å². The lowest BCUT2D eigenvalue weighted by molar-refractivity contribution is -0.132. The number of carbonyl (C=O) groups excluding carboxylic acids is 2. The summed E-state index contributed by atoms with van der Waals surface area (Å²) in [7, 11) is 0. The summed E-state index contributed by atoms with van der Waals surface area (Å²) < 4.78 is 27.4. The number of carbonyl (C=O) groups is 2. The Morgan fingerprint density at radius 3 is 2.43 bits per heavy atom. The number of amides is 2. The number of amidine groups is 2. The average molecular weight is 648 g/mol. The Bertz CT molecular complexity index is 1560. The first-order valence-corrected chi connectivity index (χ1v) is 16.0. The van der Waals surface area contributed by atoms with Crippen LogP contribution in [0, 0.1) is 16.7 Å². The van der Waals surface area contributed by atoms with Crippen LogP contribution in [-0.4, -0.2) is 103 Å². The van der Waals surface area contributed by atoms with E-state index in [2.05, 4.69) is 11.1 Å². The molecule has 11 nitrogen and oxygen atoms in total. The minimum absolute atomic E-state index is 0.0290. The van der Waals surface area contributed by atoms with E-state index >= 15 is 0 Å². The van der Waals surface area contributed by atoms with Gasteiger partial charge in [0.15, 0.2) is 5.84 Å². The monoisotopic (exact) mass is 647 g/mol. The fourth-order valence-electron chi connectivity index (χ4n) is 6.45. The van der Waals surface area contributed by atoms with Gasteiger partial charge in [0.1, 0.15) is 5.84 Å². The van der Waals surface area contributed by atoms with Crippen molar-refractivity contribution in [2.45, 2.75) is 38.5 Å². The van der Waals surface area contributed by atoms with E-state index in [-0.39, 0.29) is 61.9 Å². The van der Waals surface area contributed by atoms with Gasteiger partial charge in [-0.25, -0.2) is 13.8 Å². The average Bonchev–Trinajstić information content (AvgIpc) is 3.54. The standard InChI is InChI=1S/C34H43F2N9O2/c1-2-45(27-7-8-29(38)28(19-27)32(40)44-17-12-34(35,36)13-18-44)33(47)26-9-14-42(20-26)21-30(46)43-15-10-24(11-16-43)23-3-5-25(6-4-23)31(39)41-22-37/h3-8,10,19,22,26,40H,2,9,11-18,20-21,38H2,1H3,(H3,37,39,41)/t26-/m1/s1. The van der Waals surface area contributed by atoms with Gasteiger partial charge in [0.2, 0.25) is 11.8 Å². The number of aliphatic imine (C=N–C) groups is 1. The molecule has 3 aliphatic rings. The predicted molar refractivity (Wildman–Crippen MR) is 181 cm³/mol. The molecule has 2 amide bonds. The van der Waals surface area contributed by atoms with Crippen molar-refractivity contribution < 1.29 is 18.4 Å². The van der Waals surface area contributed by atoms with Gasteiger partial charge in [-0.15, -0.1) is 0 Å². The fraction of sp³-hybridized carbons (Fsp3) is 0.441. The molecule has 0 radical (unpaired) electrons. The van der Waals surface area contributed by atoms with Crippen LogP contribution in [0.3, 0.4) is 0 Å². The smallest absolute Gasteiger partial charge is 0.251 e. The van der Waals surface area contributed by atoms with Crippen LogP contribution in [0.5, 0.6) is 0 Å². The lowest BCUT2D eigenvalue weighted by Crippen LogP contribution is -2.43. The normalized spacial score (nSPS) is 19.9. The number of halogens is 2. The number of piperidine rings is 1. The number of benzene rings is 2. The highest BCUT2D eigenvalue weighted by Crippen LogP contribution is 2.31. The Morgan fingerprint density at radius 1 is 1.06 bits per heavy atom. The second-order valence-corrected chi connectivity index (χ2v) is 12.3. The molecule has 13 heteroatoms. The van der Waals surface area contributed by atoms with Crippen LogP contribution in [0.2, 0.25) is 0 Å². The molecule has 2 saturated heterocycles. The maximum absolute atomic E-state index is 13.7. The third-order valence-electron chi connectivity index (χ3n) is 9.27. The van der Waals surface area contributed by atoms with Crippen molar-refractivity contribution in [2.24, 2.45) is 16.6 Å². The minimum Gasteiger partial charge on any atom is -0.398 e. The number of nitrogen functional groups attached to an aromatic ring is 1. The second-order valence-electron chi connectivity index (χ2n) is 12.3. The van der Waals surface area contributed by atoms with Crippen LogP contribution in [0.1, 0.15) is 49.3 Å².